The van der Waals surface area contributed by atoms with Crippen LogP contribution in [0.15, 0.2) is 35.0 Å². The maximum Gasteiger partial charge on any atom is 0.0982 e. The molecule has 0 aliphatic carbocycles. The SMILES string of the molecule is C=C(C)CO[C@@H](C)c1ncccc1Br. The Kier molecular flexibility index (Phi) is 4.29. The maximum absolute atomic E-state index is 5.58. The van der Waals surface area contributed by atoms with Crippen LogP contribution in [0.25, 0.3) is 0 Å². The molecule has 0 unspecified atom stereocenters. The molecule has 0 spiro atoms. The van der Waals surface area contributed by atoms with Gasteiger partial charge in [-0.05, 0) is 41.9 Å². The summed E-state index contributed by atoms with van der Waals surface area (Å²) in [7, 11) is 0. The van der Waals surface area contributed by atoms with Crippen molar-refractivity contribution in [2.24, 2.45) is 0 Å². The lowest BCUT2D eigenvalue weighted by Gasteiger charge is -2.13. The van der Waals surface area contributed by atoms with Crippen LogP contribution in [0.1, 0.15) is 25.6 Å². The van der Waals surface area contributed by atoms with E-state index in [1.165, 1.54) is 0 Å². The zero-order valence-corrected chi connectivity index (χ0v) is 10.0. The zero-order chi connectivity index (χ0) is 10.6. The Morgan fingerprint density at radius 1 is 1.71 bits per heavy atom. The van der Waals surface area contributed by atoms with Gasteiger partial charge in [-0.2, -0.15) is 0 Å². The second-order valence-corrected chi connectivity index (χ2v) is 4.14. The molecule has 1 aromatic rings. The van der Waals surface area contributed by atoms with E-state index in [0.29, 0.717) is 6.61 Å². The summed E-state index contributed by atoms with van der Waals surface area (Å²) >= 11 is 3.44. The van der Waals surface area contributed by atoms with E-state index in [0.717, 1.165) is 15.7 Å². The minimum Gasteiger partial charge on any atom is -0.368 e. The van der Waals surface area contributed by atoms with Crippen molar-refractivity contribution < 1.29 is 4.74 Å². The molecular formula is C11H14BrNO. The third-order valence-electron chi connectivity index (χ3n) is 1.75. The van der Waals surface area contributed by atoms with E-state index in [2.05, 4.69) is 27.5 Å². The van der Waals surface area contributed by atoms with Crippen molar-refractivity contribution in [1.29, 1.82) is 0 Å². The molecule has 0 aliphatic rings. The first-order valence-electron chi connectivity index (χ1n) is 4.47. The van der Waals surface area contributed by atoms with Crippen LogP contribution in [0, 0.1) is 0 Å². The second-order valence-electron chi connectivity index (χ2n) is 3.28. The molecule has 0 saturated heterocycles. The van der Waals surface area contributed by atoms with E-state index in [9.17, 15) is 0 Å². The molecule has 3 heteroatoms. The van der Waals surface area contributed by atoms with Crippen molar-refractivity contribution in [3.8, 4) is 0 Å². The van der Waals surface area contributed by atoms with Gasteiger partial charge >= 0.3 is 0 Å². The van der Waals surface area contributed by atoms with Gasteiger partial charge in [-0.25, -0.2) is 0 Å². The average molecular weight is 256 g/mol. The minimum absolute atomic E-state index is 0.0118. The van der Waals surface area contributed by atoms with Crippen molar-refractivity contribution in [3.05, 3.63) is 40.6 Å². The Bertz CT molecular complexity index is 325. The number of pyridine rings is 1. The minimum atomic E-state index is -0.0118. The van der Waals surface area contributed by atoms with Gasteiger partial charge < -0.3 is 4.74 Å². The number of aromatic nitrogens is 1. The molecule has 0 aromatic carbocycles. The first kappa shape index (κ1) is 11.4. The molecule has 0 radical (unpaired) electrons. The van der Waals surface area contributed by atoms with Gasteiger partial charge in [-0.1, -0.05) is 12.2 Å². The van der Waals surface area contributed by atoms with Crippen LogP contribution in [0.5, 0.6) is 0 Å². The van der Waals surface area contributed by atoms with Crippen LogP contribution in [-0.2, 0) is 4.74 Å². The monoisotopic (exact) mass is 255 g/mol. The molecule has 0 N–H and O–H groups in total. The summed E-state index contributed by atoms with van der Waals surface area (Å²) in [5, 5.41) is 0. The fourth-order valence-corrected chi connectivity index (χ4v) is 1.62. The first-order chi connectivity index (χ1) is 6.61. The normalized spacial score (nSPS) is 12.5. The van der Waals surface area contributed by atoms with Crippen LogP contribution < -0.4 is 0 Å². The summed E-state index contributed by atoms with van der Waals surface area (Å²) in [6, 6.07) is 3.85. The van der Waals surface area contributed by atoms with Crippen LogP contribution in [0.4, 0.5) is 0 Å². The number of hydrogen-bond acceptors (Lipinski definition) is 2. The predicted molar refractivity (Wildman–Crippen MR) is 61.1 cm³/mol. The molecule has 1 aromatic heterocycles. The van der Waals surface area contributed by atoms with Crippen molar-refractivity contribution in [2.45, 2.75) is 20.0 Å². The molecule has 1 rings (SSSR count). The van der Waals surface area contributed by atoms with E-state index < -0.39 is 0 Å². The Morgan fingerprint density at radius 3 is 3.00 bits per heavy atom. The van der Waals surface area contributed by atoms with Crippen molar-refractivity contribution in [1.82, 2.24) is 4.98 Å². The average Bonchev–Trinajstić information content (AvgIpc) is 2.15. The Morgan fingerprint density at radius 2 is 2.43 bits per heavy atom. The number of rotatable bonds is 4. The van der Waals surface area contributed by atoms with E-state index in [1.807, 2.05) is 26.0 Å². The molecule has 76 valence electrons. The highest BCUT2D eigenvalue weighted by Crippen LogP contribution is 2.23. The molecular weight excluding hydrogens is 242 g/mol. The van der Waals surface area contributed by atoms with Crippen molar-refractivity contribution in [3.63, 3.8) is 0 Å². The summed E-state index contributed by atoms with van der Waals surface area (Å²) < 4.78 is 6.56. The van der Waals surface area contributed by atoms with Crippen LogP contribution in [-0.4, -0.2) is 11.6 Å². The van der Waals surface area contributed by atoms with Gasteiger partial charge in [0.15, 0.2) is 0 Å². The lowest BCUT2D eigenvalue weighted by atomic mass is 10.2. The van der Waals surface area contributed by atoms with Crippen molar-refractivity contribution in [2.75, 3.05) is 6.61 Å². The Labute approximate surface area is 93.1 Å². The highest BCUT2D eigenvalue weighted by Gasteiger charge is 2.10. The van der Waals surface area contributed by atoms with Crippen LogP contribution in [0.2, 0.25) is 0 Å². The predicted octanol–water partition coefficient (Wildman–Crippen LogP) is 3.50. The molecule has 0 aliphatic heterocycles. The molecule has 0 saturated carbocycles. The highest BCUT2D eigenvalue weighted by molar-refractivity contribution is 9.10. The summed E-state index contributed by atoms with van der Waals surface area (Å²) in [5.74, 6) is 0. The van der Waals surface area contributed by atoms with E-state index >= 15 is 0 Å². The molecule has 1 heterocycles. The van der Waals surface area contributed by atoms with Gasteiger partial charge in [-0.3, -0.25) is 4.98 Å². The molecule has 0 bridgehead atoms. The van der Waals surface area contributed by atoms with Gasteiger partial charge in [0.05, 0.1) is 18.4 Å². The fraction of sp³-hybridized carbons (Fsp3) is 0.364. The highest BCUT2D eigenvalue weighted by atomic mass is 79.9. The van der Waals surface area contributed by atoms with Gasteiger partial charge in [0.25, 0.3) is 0 Å². The van der Waals surface area contributed by atoms with E-state index in [4.69, 9.17) is 4.74 Å². The second kappa shape index (κ2) is 5.27. The molecule has 0 amide bonds. The largest absolute Gasteiger partial charge is 0.368 e. The summed E-state index contributed by atoms with van der Waals surface area (Å²) in [6.45, 7) is 8.29. The third kappa shape index (κ3) is 3.24. The molecule has 0 fully saturated rings. The topological polar surface area (TPSA) is 22.1 Å². The number of halogens is 1. The molecule has 14 heavy (non-hydrogen) atoms. The van der Waals surface area contributed by atoms with E-state index in [1.54, 1.807) is 6.20 Å². The quantitative estimate of drug-likeness (QED) is 0.769. The van der Waals surface area contributed by atoms with Gasteiger partial charge in [0.1, 0.15) is 0 Å². The van der Waals surface area contributed by atoms with Crippen LogP contribution >= 0.6 is 15.9 Å². The van der Waals surface area contributed by atoms with Gasteiger partial charge in [-0.15, -0.1) is 0 Å². The smallest absolute Gasteiger partial charge is 0.0982 e. The maximum atomic E-state index is 5.58. The van der Waals surface area contributed by atoms with Crippen LogP contribution in [0.3, 0.4) is 0 Å². The molecule has 2 nitrogen and oxygen atoms in total. The standard InChI is InChI=1S/C11H14BrNO/c1-8(2)7-14-9(3)11-10(12)5-4-6-13-11/h4-6,9H,1,7H2,2-3H3/t9-/m0/s1. The van der Waals surface area contributed by atoms with Gasteiger partial charge in [0, 0.05) is 10.7 Å². The molecule has 1 atom stereocenters. The lowest BCUT2D eigenvalue weighted by molar-refractivity contribution is 0.0802. The zero-order valence-electron chi connectivity index (χ0n) is 8.46. The van der Waals surface area contributed by atoms with Crippen molar-refractivity contribution >= 4 is 15.9 Å². The summed E-state index contributed by atoms with van der Waals surface area (Å²) in [6.07, 6.45) is 1.75. The summed E-state index contributed by atoms with van der Waals surface area (Å²) in [5.41, 5.74) is 1.94. The van der Waals surface area contributed by atoms with Gasteiger partial charge in [0.2, 0.25) is 0 Å². The lowest BCUT2D eigenvalue weighted by Crippen LogP contribution is -2.04. The first-order valence-corrected chi connectivity index (χ1v) is 5.27. The Balaban J connectivity index is 2.65. The van der Waals surface area contributed by atoms with E-state index in [-0.39, 0.29) is 6.10 Å². The summed E-state index contributed by atoms with van der Waals surface area (Å²) in [4.78, 5) is 4.25. The number of nitrogens with zero attached hydrogens (tertiary/aromatic N) is 1. The third-order valence-corrected chi connectivity index (χ3v) is 2.42. The fourth-order valence-electron chi connectivity index (χ4n) is 1.04. The number of hydrogen-bond donors (Lipinski definition) is 0. The number of ether oxygens (including phenoxy) is 1. The Hall–Kier alpha value is -0.670.